The minimum absolute atomic E-state index is 0.302. The highest BCUT2D eigenvalue weighted by atomic mass is 15.3. The third kappa shape index (κ3) is 2.20. The second-order valence-electron chi connectivity index (χ2n) is 4.71. The average molecular weight is 219 g/mol. The molecule has 3 nitrogen and oxygen atoms in total. The van der Waals surface area contributed by atoms with Crippen molar-refractivity contribution in [3.05, 3.63) is 29.8 Å². The van der Waals surface area contributed by atoms with E-state index in [0.29, 0.717) is 5.41 Å². The third-order valence-corrected chi connectivity index (χ3v) is 3.69. The van der Waals surface area contributed by atoms with Gasteiger partial charge >= 0.3 is 0 Å². The zero-order valence-corrected chi connectivity index (χ0v) is 9.92. The van der Waals surface area contributed by atoms with Crippen LogP contribution in [0.15, 0.2) is 24.3 Å². The molecule has 0 bridgehead atoms. The number of nitrogens with one attached hydrogen (secondary N) is 2. The van der Waals surface area contributed by atoms with Crippen LogP contribution in [0.1, 0.15) is 31.2 Å². The molecule has 0 atom stereocenters. The normalized spacial score (nSPS) is 18.8. The Morgan fingerprint density at radius 2 is 1.81 bits per heavy atom. The number of rotatable bonds is 4. The molecule has 0 amide bonds. The molecule has 0 aromatic heterocycles. The molecule has 1 aliphatic rings. The molecule has 1 aliphatic carbocycles. The van der Waals surface area contributed by atoms with Gasteiger partial charge < -0.3 is 5.73 Å². The highest BCUT2D eigenvalue weighted by Gasteiger charge is 2.34. The molecule has 1 aromatic carbocycles. The highest BCUT2D eigenvalue weighted by molar-refractivity contribution is 5.42. The van der Waals surface area contributed by atoms with Crippen molar-refractivity contribution in [2.75, 3.05) is 19.3 Å². The predicted octanol–water partition coefficient (Wildman–Crippen LogP) is 1.80. The standard InChI is InChI=1S/C13H21N3/c1-15-16-10-13(8-2-3-9-13)11-4-6-12(14)7-5-11/h4-7,15-16H,2-3,8-10,14H2,1H3. The van der Waals surface area contributed by atoms with E-state index >= 15 is 0 Å². The van der Waals surface area contributed by atoms with Gasteiger partial charge in [0.1, 0.15) is 0 Å². The quantitative estimate of drug-likeness (QED) is 0.534. The van der Waals surface area contributed by atoms with Crippen LogP contribution < -0.4 is 16.6 Å². The summed E-state index contributed by atoms with van der Waals surface area (Å²) in [5, 5.41) is 0. The molecule has 3 heteroatoms. The number of benzene rings is 1. The van der Waals surface area contributed by atoms with Crippen LogP contribution in [0, 0.1) is 0 Å². The van der Waals surface area contributed by atoms with Crippen molar-refractivity contribution in [3.63, 3.8) is 0 Å². The van der Waals surface area contributed by atoms with E-state index in [9.17, 15) is 0 Å². The second-order valence-corrected chi connectivity index (χ2v) is 4.71. The molecule has 0 heterocycles. The predicted molar refractivity (Wildman–Crippen MR) is 68.1 cm³/mol. The van der Waals surface area contributed by atoms with Gasteiger partial charge in [0.15, 0.2) is 0 Å². The monoisotopic (exact) mass is 219 g/mol. The lowest BCUT2D eigenvalue weighted by Gasteiger charge is -2.30. The van der Waals surface area contributed by atoms with Crippen molar-refractivity contribution in [3.8, 4) is 0 Å². The molecule has 16 heavy (non-hydrogen) atoms. The fraction of sp³-hybridized carbons (Fsp3) is 0.538. The van der Waals surface area contributed by atoms with Crippen molar-refractivity contribution < 1.29 is 0 Å². The van der Waals surface area contributed by atoms with Gasteiger partial charge in [0, 0.05) is 17.6 Å². The molecule has 0 aliphatic heterocycles. The largest absolute Gasteiger partial charge is 0.399 e. The Hall–Kier alpha value is -1.06. The number of hydrogen-bond donors (Lipinski definition) is 3. The van der Waals surface area contributed by atoms with Crippen molar-refractivity contribution in [2.45, 2.75) is 31.1 Å². The van der Waals surface area contributed by atoms with Gasteiger partial charge in [0.2, 0.25) is 0 Å². The fourth-order valence-corrected chi connectivity index (χ4v) is 2.71. The molecule has 1 fully saturated rings. The SMILES string of the molecule is CNNCC1(c2ccc(N)cc2)CCCC1. The third-order valence-electron chi connectivity index (χ3n) is 3.69. The van der Waals surface area contributed by atoms with Crippen LogP contribution in [0.25, 0.3) is 0 Å². The lowest BCUT2D eigenvalue weighted by atomic mass is 9.79. The lowest BCUT2D eigenvalue weighted by molar-refractivity contribution is 0.384. The van der Waals surface area contributed by atoms with Gasteiger partial charge in [-0.3, -0.25) is 10.9 Å². The summed E-state index contributed by atoms with van der Waals surface area (Å²) in [7, 11) is 1.92. The zero-order valence-electron chi connectivity index (χ0n) is 9.92. The molecule has 2 rings (SSSR count). The Morgan fingerprint density at radius 3 is 2.38 bits per heavy atom. The summed E-state index contributed by atoms with van der Waals surface area (Å²) in [4.78, 5) is 0. The molecule has 1 saturated carbocycles. The Balaban J connectivity index is 2.21. The summed E-state index contributed by atoms with van der Waals surface area (Å²) in [6.45, 7) is 0.993. The van der Waals surface area contributed by atoms with E-state index in [0.717, 1.165) is 12.2 Å². The first-order valence-electron chi connectivity index (χ1n) is 6.02. The van der Waals surface area contributed by atoms with Gasteiger partial charge in [-0.2, -0.15) is 0 Å². The van der Waals surface area contributed by atoms with Gasteiger partial charge in [-0.15, -0.1) is 0 Å². The van der Waals surface area contributed by atoms with Crippen LogP contribution in [-0.4, -0.2) is 13.6 Å². The molecule has 1 aromatic rings. The number of nitrogen functional groups attached to an aromatic ring is 1. The first kappa shape index (κ1) is 11.4. The lowest BCUT2D eigenvalue weighted by Crippen LogP contribution is -2.41. The zero-order chi connectivity index (χ0) is 11.4. The summed E-state index contributed by atoms with van der Waals surface area (Å²) >= 11 is 0. The maximum atomic E-state index is 5.74. The maximum Gasteiger partial charge on any atom is 0.0314 e. The summed E-state index contributed by atoms with van der Waals surface area (Å²) in [6.07, 6.45) is 5.20. The first-order valence-corrected chi connectivity index (χ1v) is 6.02. The molecule has 88 valence electrons. The van der Waals surface area contributed by atoms with E-state index in [2.05, 4.69) is 23.0 Å². The maximum absolute atomic E-state index is 5.74. The number of nitrogens with two attached hydrogens (primary N) is 1. The minimum Gasteiger partial charge on any atom is -0.399 e. The molecule has 4 N–H and O–H groups in total. The van der Waals surface area contributed by atoms with E-state index in [1.165, 1.54) is 31.2 Å². The second kappa shape index (κ2) is 4.85. The van der Waals surface area contributed by atoms with E-state index in [4.69, 9.17) is 5.73 Å². The molecule has 0 saturated heterocycles. The smallest absolute Gasteiger partial charge is 0.0314 e. The molecule has 0 spiro atoms. The molecule has 0 radical (unpaired) electrons. The Labute approximate surface area is 97.4 Å². The Morgan fingerprint density at radius 1 is 1.19 bits per heavy atom. The van der Waals surface area contributed by atoms with Crippen LogP contribution in [0.3, 0.4) is 0 Å². The van der Waals surface area contributed by atoms with Gasteiger partial charge in [-0.1, -0.05) is 25.0 Å². The van der Waals surface area contributed by atoms with E-state index in [1.807, 2.05) is 19.2 Å². The van der Waals surface area contributed by atoms with Crippen molar-refractivity contribution in [1.82, 2.24) is 10.9 Å². The van der Waals surface area contributed by atoms with Crippen LogP contribution >= 0.6 is 0 Å². The Bertz CT molecular complexity index is 326. The van der Waals surface area contributed by atoms with Gasteiger partial charge in [-0.05, 0) is 37.6 Å². The summed E-state index contributed by atoms with van der Waals surface area (Å²) in [5.74, 6) is 0. The Kier molecular flexibility index (Phi) is 3.46. The van der Waals surface area contributed by atoms with E-state index < -0.39 is 0 Å². The molecular weight excluding hydrogens is 198 g/mol. The minimum atomic E-state index is 0.302. The van der Waals surface area contributed by atoms with Crippen LogP contribution in [0.5, 0.6) is 0 Å². The van der Waals surface area contributed by atoms with Gasteiger partial charge in [0.05, 0.1) is 0 Å². The van der Waals surface area contributed by atoms with Crippen LogP contribution in [-0.2, 0) is 5.41 Å². The number of hydrazine groups is 1. The van der Waals surface area contributed by atoms with Gasteiger partial charge in [0.25, 0.3) is 0 Å². The topological polar surface area (TPSA) is 50.1 Å². The average Bonchev–Trinajstić information content (AvgIpc) is 2.77. The van der Waals surface area contributed by atoms with Crippen molar-refractivity contribution in [1.29, 1.82) is 0 Å². The van der Waals surface area contributed by atoms with E-state index in [1.54, 1.807) is 0 Å². The fourth-order valence-electron chi connectivity index (χ4n) is 2.71. The summed E-state index contributed by atoms with van der Waals surface area (Å²) < 4.78 is 0. The van der Waals surface area contributed by atoms with Crippen molar-refractivity contribution in [2.24, 2.45) is 0 Å². The molecule has 0 unspecified atom stereocenters. The van der Waals surface area contributed by atoms with Crippen LogP contribution in [0.4, 0.5) is 5.69 Å². The summed E-state index contributed by atoms with van der Waals surface area (Å²) in [5.41, 5.74) is 14.6. The highest BCUT2D eigenvalue weighted by Crippen LogP contribution is 2.40. The first-order chi connectivity index (χ1) is 7.77. The van der Waals surface area contributed by atoms with E-state index in [-0.39, 0.29) is 0 Å². The number of anilines is 1. The van der Waals surface area contributed by atoms with Gasteiger partial charge in [-0.25, -0.2) is 0 Å². The number of hydrogen-bond acceptors (Lipinski definition) is 3. The van der Waals surface area contributed by atoms with Crippen molar-refractivity contribution >= 4 is 5.69 Å². The van der Waals surface area contributed by atoms with Crippen LogP contribution in [0.2, 0.25) is 0 Å². The summed E-state index contributed by atoms with van der Waals surface area (Å²) in [6, 6.07) is 8.37. The molecular formula is C13H21N3.